The van der Waals surface area contributed by atoms with Gasteiger partial charge in [-0.05, 0) is 76.5 Å². The Morgan fingerprint density at radius 3 is 2.37 bits per heavy atom. The van der Waals surface area contributed by atoms with Crippen molar-refractivity contribution in [3.63, 3.8) is 0 Å². The maximum Gasteiger partial charge on any atom is 0.258 e. The molecule has 2 aliphatic heterocycles. The number of anilines is 1. The second-order valence-corrected chi connectivity index (χ2v) is 9.81. The minimum absolute atomic E-state index is 0.0147. The lowest BCUT2D eigenvalue weighted by Crippen LogP contribution is -2.46. The number of halogens is 2. The van der Waals surface area contributed by atoms with Crippen molar-refractivity contribution >= 4 is 34.8 Å². The molecule has 1 saturated heterocycles. The van der Waals surface area contributed by atoms with Crippen LogP contribution in [0.15, 0.2) is 48.0 Å². The molecule has 0 radical (unpaired) electrons. The molecule has 0 saturated carbocycles. The van der Waals surface area contributed by atoms with Gasteiger partial charge in [-0.2, -0.15) is 0 Å². The van der Waals surface area contributed by atoms with Crippen LogP contribution in [0.4, 0.5) is 5.69 Å². The molecular formula is C25H28Cl2N2O. The molecule has 30 heavy (non-hydrogen) atoms. The maximum absolute atomic E-state index is 13.5. The summed E-state index contributed by atoms with van der Waals surface area (Å²) in [4.78, 5) is 17.9. The van der Waals surface area contributed by atoms with Crippen LogP contribution in [0.5, 0.6) is 0 Å². The SMILES string of the molecule is CC(C)=CCN1CCC2(CC1)CN(C(=O)c1cc(Cl)cc(Cl)c1)c1ccc(C)cc12. The zero-order valence-corrected chi connectivity index (χ0v) is 19.4. The molecule has 4 rings (SSSR count). The molecule has 2 aromatic carbocycles. The van der Waals surface area contributed by atoms with E-state index in [9.17, 15) is 4.79 Å². The van der Waals surface area contributed by atoms with Crippen molar-refractivity contribution < 1.29 is 4.79 Å². The van der Waals surface area contributed by atoms with E-state index < -0.39 is 0 Å². The maximum atomic E-state index is 13.5. The first-order chi connectivity index (χ1) is 14.3. The average molecular weight is 443 g/mol. The van der Waals surface area contributed by atoms with Gasteiger partial charge in [0.1, 0.15) is 0 Å². The van der Waals surface area contributed by atoms with Crippen molar-refractivity contribution in [1.29, 1.82) is 0 Å². The molecule has 0 atom stereocenters. The Morgan fingerprint density at radius 1 is 1.07 bits per heavy atom. The summed E-state index contributed by atoms with van der Waals surface area (Å²) in [6.07, 6.45) is 4.41. The number of carbonyl (C=O) groups excluding carboxylic acids is 1. The number of fused-ring (bicyclic) bond motifs is 2. The number of hydrogen-bond acceptors (Lipinski definition) is 2. The second kappa shape index (κ2) is 8.37. The first kappa shape index (κ1) is 21.4. The molecule has 158 valence electrons. The Morgan fingerprint density at radius 2 is 1.73 bits per heavy atom. The van der Waals surface area contributed by atoms with Gasteiger partial charge in [-0.15, -0.1) is 0 Å². The molecule has 1 spiro atoms. The number of amides is 1. The number of likely N-dealkylation sites (tertiary alicyclic amines) is 1. The van der Waals surface area contributed by atoms with Gasteiger partial charge in [0.05, 0.1) is 0 Å². The third-order valence-corrected chi connectivity index (χ3v) is 6.84. The molecule has 0 bridgehead atoms. The molecule has 0 aromatic heterocycles. The van der Waals surface area contributed by atoms with Crippen LogP contribution >= 0.6 is 23.2 Å². The van der Waals surface area contributed by atoms with E-state index in [2.05, 4.69) is 49.9 Å². The molecule has 2 aliphatic rings. The van der Waals surface area contributed by atoms with Gasteiger partial charge in [-0.1, -0.05) is 52.5 Å². The molecular weight excluding hydrogens is 415 g/mol. The van der Waals surface area contributed by atoms with Crippen molar-refractivity contribution in [2.24, 2.45) is 0 Å². The molecule has 2 aromatic rings. The highest BCUT2D eigenvalue weighted by Crippen LogP contribution is 2.48. The van der Waals surface area contributed by atoms with Crippen molar-refractivity contribution in [2.75, 3.05) is 31.1 Å². The van der Waals surface area contributed by atoms with Gasteiger partial charge in [-0.3, -0.25) is 9.69 Å². The summed E-state index contributed by atoms with van der Waals surface area (Å²) in [7, 11) is 0. The lowest BCUT2D eigenvalue weighted by Gasteiger charge is -2.39. The molecule has 3 nitrogen and oxygen atoms in total. The molecule has 5 heteroatoms. The van der Waals surface area contributed by atoms with Crippen LogP contribution in [0.3, 0.4) is 0 Å². The van der Waals surface area contributed by atoms with Gasteiger partial charge in [0.25, 0.3) is 5.91 Å². The molecule has 0 aliphatic carbocycles. The van der Waals surface area contributed by atoms with Crippen LogP contribution in [0.2, 0.25) is 10.0 Å². The Balaban J connectivity index is 1.63. The monoisotopic (exact) mass is 442 g/mol. The first-order valence-electron chi connectivity index (χ1n) is 10.5. The highest BCUT2D eigenvalue weighted by Gasteiger charge is 2.46. The van der Waals surface area contributed by atoms with E-state index >= 15 is 0 Å². The fourth-order valence-corrected chi connectivity index (χ4v) is 5.23. The molecule has 1 amide bonds. The van der Waals surface area contributed by atoms with Crippen molar-refractivity contribution in [2.45, 2.75) is 39.0 Å². The minimum atomic E-state index is -0.0339. The normalized spacial score (nSPS) is 17.8. The Kier molecular flexibility index (Phi) is 5.98. The smallest absolute Gasteiger partial charge is 0.258 e. The van der Waals surface area contributed by atoms with E-state index in [1.54, 1.807) is 18.2 Å². The summed E-state index contributed by atoms with van der Waals surface area (Å²) < 4.78 is 0. The number of benzene rings is 2. The Hall–Kier alpha value is -1.81. The van der Waals surface area contributed by atoms with Gasteiger partial charge >= 0.3 is 0 Å². The zero-order valence-electron chi connectivity index (χ0n) is 17.8. The highest BCUT2D eigenvalue weighted by atomic mass is 35.5. The van der Waals surface area contributed by atoms with Crippen molar-refractivity contribution in [1.82, 2.24) is 4.90 Å². The van der Waals surface area contributed by atoms with E-state index in [-0.39, 0.29) is 11.3 Å². The largest absolute Gasteiger partial charge is 0.307 e. The summed E-state index contributed by atoms with van der Waals surface area (Å²) in [6, 6.07) is 11.5. The summed E-state index contributed by atoms with van der Waals surface area (Å²) >= 11 is 12.3. The van der Waals surface area contributed by atoms with E-state index in [1.165, 1.54) is 16.7 Å². The minimum Gasteiger partial charge on any atom is -0.307 e. The van der Waals surface area contributed by atoms with Crippen LogP contribution in [0.25, 0.3) is 0 Å². The van der Waals surface area contributed by atoms with E-state index in [0.717, 1.165) is 38.2 Å². The number of aryl methyl sites for hydroxylation is 1. The fraction of sp³-hybridized carbons (Fsp3) is 0.400. The lowest BCUT2D eigenvalue weighted by atomic mass is 9.74. The topological polar surface area (TPSA) is 23.6 Å². The quantitative estimate of drug-likeness (QED) is 0.523. The summed E-state index contributed by atoms with van der Waals surface area (Å²) in [5.41, 5.74) is 5.48. The molecule has 0 N–H and O–H groups in total. The predicted molar refractivity (Wildman–Crippen MR) is 126 cm³/mol. The van der Waals surface area contributed by atoms with Gasteiger partial charge in [0.15, 0.2) is 0 Å². The number of carbonyl (C=O) groups is 1. The number of nitrogens with zero attached hydrogens (tertiary/aromatic N) is 2. The number of hydrogen-bond donors (Lipinski definition) is 0. The van der Waals surface area contributed by atoms with E-state index in [4.69, 9.17) is 23.2 Å². The summed E-state index contributed by atoms with van der Waals surface area (Å²) in [6.45, 7) is 10.2. The van der Waals surface area contributed by atoms with Gasteiger partial charge in [0, 0.05) is 39.8 Å². The van der Waals surface area contributed by atoms with Crippen LogP contribution < -0.4 is 4.90 Å². The summed E-state index contributed by atoms with van der Waals surface area (Å²) in [5.74, 6) is -0.0339. The van der Waals surface area contributed by atoms with E-state index in [1.807, 2.05) is 4.90 Å². The molecule has 1 fully saturated rings. The Bertz CT molecular complexity index is 982. The van der Waals surface area contributed by atoms with Crippen LogP contribution in [0.1, 0.15) is 48.2 Å². The first-order valence-corrected chi connectivity index (χ1v) is 11.3. The standard InChI is InChI=1S/C25H28Cl2N2O/c1-17(2)6-9-28-10-7-25(8-11-28)16-29(23-5-4-18(3)12-22(23)25)24(30)19-13-20(26)15-21(27)14-19/h4-6,12-15H,7-11,16H2,1-3H3. The van der Waals surface area contributed by atoms with Crippen LogP contribution in [-0.2, 0) is 5.41 Å². The number of rotatable bonds is 3. The van der Waals surface area contributed by atoms with Gasteiger partial charge < -0.3 is 4.90 Å². The second-order valence-electron chi connectivity index (χ2n) is 8.93. The predicted octanol–water partition coefficient (Wildman–Crippen LogP) is 6.26. The number of allylic oxidation sites excluding steroid dienone is 1. The van der Waals surface area contributed by atoms with Gasteiger partial charge in [0.2, 0.25) is 0 Å². The van der Waals surface area contributed by atoms with Crippen molar-refractivity contribution in [3.05, 3.63) is 74.8 Å². The number of piperidine rings is 1. The van der Waals surface area contributed by atoms with Crippen LogP contribution in [0, 0.1) is 6.92 Å². The zero-order chi connectivity index (χ0) is 21.5. The van der Waals surface area contributed by atoms with E-state index in [0.29, 0.717) is 22.2 Å². The van der Waals surface area contributed by atoms with Crippen LogP contribution in [-0.4, -0.2) is 37.0 Å². The Labute approximate surface area is 189 Å². The van der Waals surface area contributed by atoms with Gasteiger partial charge in [-0.25, -0.2) is 0 Å². The summed E-state index contributed by atoms with van der Waals surface area (Å²) in [5, 5.41) is 0.966. The highest BCUT2D eigenvalue weighted by molar-refractivity contribution is 6.35. The molecule has 0 unspecified atom stereocenters. The fourth-order valence-electron chi connectivity index (χ4n) is 4.70. The van der Waals surface area contributed by atoms with Crippen molar-refractivity contribution in [3.8, 4) is 0 Å². The average Bonchev–Trinajstić information content (AvgIpc) is 2.99. The lowest BCUT2D eigenvalue weighted by molar-refractivity contribution is 0.0977. The third kappa shape index (κ3) is 4.16. The third-order valence-electron chi connectivity index (χ3n) is 6.40. The molecule has 2 heterocycles.